The van der Waals surface area contributed by atoms with Gasteiger partial charge in [0.1, 0.15) is 0 Å². The van der Waals surface area contributed by atoms with E-state index < -0.39 is 0 Å². The maximum Gasteiger partial charge on any atom is -0.00697 e. The van der Waals surface area contributed by atoms with Gasteiger partial charge in [0.25, 0.3) is 0 Å². The zero-order chi connectivity index (χ0) is 13.7. The molecule has 0 radical (unpaired) electrons. The van der Waals surface area contributed by atoms with Crippen molar-refractivity contribution in [3.05, 3.63) is 71.8 Å². The number of aryl methyl sites for hydroxylation is 2. The molecule has 0 spiro atoms. The molecule has 0 aliphatic rings. The van der Waals surface area contributed by atoms with Gasteiger partial charge < -0.3 is 0 Å². The molecular formula is C20H16. The van der Waals surface area contributed by atoms with Crippen molar-refractivity contribution in [2.24, 2.45) is 0 Å². The molecule has 0 N–H and O–H groups in total. The van der Waals surface area contributed by atoms with Crippen molar-refractivity contribution in [2.45, 2.75) is 13.8 Å². The molecule has 96 valence electrons. The summed E-state index contributed by atoms with van der Waals surface area (Å²) in [6, 6.07) is 22.1. The van der Waals surface area contributed by atoms with Crippen molar-refractivity contribution >= 4 is 32.3 Å². The fraction of sp³-hybridized carbons (Fsp3) is 0.100. The van der Waals surface area contributed by atoms with Crippen molar-refractivity contribution in [3.8, 4) is 0 Å². The maximum atomic E-state index is 2.30. The van der Waals surface area contributed by atoms with Crippen LogP contribution in [0.3, 0.4) is 0 Å². The molecule has 0 aliphatic heterocycles. The van der Waals surface area contributed by atoms with E-state index in [0.29, 0.717) is 0 Å². The van der Waals surface area contributed by atoms with E-state index in [0.717, 1.165) is 0 Å². The predicted molar refractivity (Wildman–Crippen MR) is 88.4 cm³/mol. The van der Waals surface area contributed by atoms with Crippen molar-refractivity contribution < 1.29 is 0 Å². The zero-order valence-electron chi connectivity index (χ0n) is 11.8. The Kier molecular flexibility index (Phi) is 2.34. The summed E-state index contributed by atoms with van der Waals surface area (Å²) >= 11 is 0. The summed E-state index contributed by atoms with van der Waals surface area (Å²) in [5.41, 5.74) is 2.66. The highest BCUT2D eigenvalue weighted by atomic mass is 14.1. The molecule has 0 bridgehead atoms. The SMILES string of the molecule is Cc1ccc2c(c1)c1ccccc1c1c(C)cccc21. The molecule has 20 heavy (non-hydrogen) atoms. The first-order chi connectivity index (χ1) is 9.75. The average Bonchev–Trinajstić information content (AvgIpc) is 2.47. The van der Waals surface area contributed by atoms with Gasteiger partial charge in [-0.05, 0) is 51.7 Å². The Morgan fingerprint density at radius 3 is 2.00 bits per heavy atom. The van der Waals surface area contributed by atoms with Crippen LogP contribution in [0.1, 0.15) is 11.1 Å². The fourth-order valence-corrected chi connectivity index (χ4v) is 3.30. The minimum absolute atomic E-state index is 1.31. The third kappa shape index (κ3) is 1.48. The smallest absolute Gasteiger partial charge is 0.00697 e. The highest BCUT2D eigenvalue weighted by Gasteiger charge is 2.09. The summed E-state index contributed by atoms with van der Waals surface area (Å²) in [7, 11) is 0. The monoisotopic (exact) mass is 256 g/mol. The van der Waals surface area contributed by atoms with E-state index in [4.69, 9.17) is 0 Å². The van der Waals surface area contributed by atoms with Crippen LogP contribution in [0.5, 0.6) is 0 Å². The van der Waals surface area contributed by atoms with Crippen LogP contribution in [-0.2, 0) is 0 Å². The first-order valence-corrected chi connectivity index (χ1v) is 7.06. The van der Waals surface area contributed by atoms with Gasteiger partial charge in [-0.15, -0.1) is 0 Å². The van der Waals surface area contributed by atoms with Crippen LogP contribution in [0.15, 0.2) is 60.7 Å². The summed E-state index contributed by atoms with van der Waals surface area (Å²) in [4.78, 5) is 0. The summed E-state index contributed by atoms with van der Waals surface area (Å²) in [6.07, 6.45) is 0. The Labute approximate surface area is 118 Å². The first kappa shape index (κ1) is 11.5. The van der Waals surface area contributed by atoms with Crippen LogP contribution >= 0.6 is 0 Å². The Morgan fingerprint density at radius 1 is 0.550 bits per heavy atom. The largest absolute Gasteiger partial charge is 0.0616 e. The topological polar surface area (TPSA) is 0 Å². The van der Waals surface area contributed by atoms with Gasteiger partial charge >= 0.3 is 0 Å². The summed E-state index contributed by atoms with van der Waals surface area (Å²) in [5.74, 6) is 0. The van der Waals surface area contributed by atoms with Gasteiger partial charge in [0.05, 0.1) is 0 Å². The Hall–Kier alpha value is -2.34. The average molecular weight is 256 g/mol. The highest BCUT2D eigenvalue weighted by molar-refractivity contribution is 6.26. The lowest BCUT2D eigenvalue weighted by atomic mass is 9.91. The lowest BCUT2D eigenvalue weighted by molar-refractivity contribution is 1.51. The van der Waals surface area contributed by atoms with Crippen molar-refractivity contribution in [2.75, 3.05) is 0 Å². The minimum atomic E-state index is 1.31. The molecule has 4 aromatic rings. The summed E-state index contributed by atoms with van der Waals surface area (Å²) in [5, 5.41) is 8.18. The molecule has 0 saturated carbocycles. The summed E-state index contributed by atoms with van der Waals surface area (Å²) < 4.78 is 0. The molecule has 0 aromatic heterocycles. The Balaban J connectivity index is 2.44. The van der Waals surface area contributed by atoms with E-state index in [9.17, 15) is 0 Å². The van der Waals surface area contributed by atoms with E-state index in [2.05, 4.69) is 74.5 Å². The van der Waals surface area contributed by atoms with Gasteiger partial charge in [-0.3, -0.25) is 0 Å². The molecular weight excluding hydrogens is 240 g/mol. The maximum absolute atomic E-state index is 2.30. The Morgan fingerprint density at radius 2 is 1.20 bits per heavy atom. The Bertz CT molecular complexity index is 921. The number of rotatable bonds is 0. The second-order valence-electron chi connectivity index (χ2n) is 5.59. The molecule has 0 saturated heterocycles. The van der Waals surface area contributed by atoms with Crippen molar-refractivity contribution in [1.29, 1.82) is 0 Å². The molecule has 4 aromatic carbocycles. The van der Waals surface area contributed by atoms with Crippen molar-refractivity contribution in [1.82, 2.24) is 0 Å². The van der Waals surface area contributed by atoms with Crippen LogP contribution in [0.4, 0.5) is 0 Å². The number of fused-ring (bicyclic) bond motifs is 6. The zero-order valence-corrected chi connectivity index (χ0v) is 11.8. The molecule has 0 unspecified atom stereocenters. The standard InChI is InChI=1S/C20H16/c1-13-10-11-16-18-9-5-6-14(2)20(18)17-8-4-3-7-15(17)19(16)12-13/h3-12H,1-2H3. The second-order valence-corrected chi connectivity index (χ2v) is 5.59. The van der Waals surface area contributed by atoms with Gasteiger partial charge in [0.2, 0.25) is 0 Å². The molecule has 0 amide bonds. The number of hydrogen-bond acceptors (Lipinski definition) is 0. The van der Waals surface area contributed by atoms with Gasteiger partial charge in [-0.2, -0.15) is 0 Å². The molecule has 0 fully saturated rings. The van der Waals surface area contributed by atoms with Gasteiger partial charge in [0, 0.05) is 0 Å². The van der Waals surface area contributed by atoms with Crippen LogP contribution < -0.4 is 0 Å². The number of hydrogen-bond donors (Lipinski definition) is 0. The third-order valence-electron chi connectivity index (χ3n) is 4.22. The van der Waals surface area contributed by atoms with Crippen LogP contribution in [-0.4, -0.2) is 0 Å². The lowest BCUT2D eigenvalue weighted by Gasteiger charge is -2.12. The van der Waals surface area contributed by atoms with E-state index >= 15 is 0 Å². The van der Waals surface area contributed by atoms with E-state index in [1.54, 1.807) is 0 Å². The van der Waals surface area contributed by atoms with Crippen LogP contribution in [0.25, 0.3) is 32.3 Å². The highest BCUT2D eigenvalue weighted by Crippen LogP contribution is 2.36. The second kappa shape index (κ2) is 4.08. The molecule has 0 aliphatic carbocycles. The molecule has 4 rings (SSSR count). The number of benzene rings is 4. The van der Waals surface area contributed by atoms with E-state index in [1.807, 2.05) is 0 Å². The minimum Gasteiger partial charge on any atom is -0.0616 e. The van der Waals surface area contributed by atoms with Gasteiger partial charge in [-0.25, -0.2) is 0 Å². The first-order valence-electron chi connectivity index (χ1n) is 7.06. The molecule has 0 nitrogen and oxygen atoms in total. The fourth-order valence-electron chi connectivity index (χ4n) is 3.30. The van der Waals surface area contributed by atoms with Crippen LogP contribution in [0, 0.1) is 13.8 Å². The third-order valence-corrected chi connectivity index (χ3v) is 4.22. The summed E-state index contributed by atoms with van der Waals surface area (Å²) in [6.45, 7) is 4.36. The van der Waals surface area contributed by atoms with Crippen LogP contribution in [0.2, 0.25) is 0 Å². The molecule has 0 atom stereocenters. The van der Waals surface area contributed by atoms with E-state index in [1.165, 1.54) is 43.4 Å². The lowest BCUT2D eigenvalue weighted by Crippen LogP contribution is -1.86. The van der Waals surface area contributed by atoms with Gasteiger partial charge in [0.15, 0.2) is 0 Å². The van der Waals surface area contributed by atoms with Gasteiger partial charge in [-0.1, -0.05) is 66.2 Å². The quantitative estimate of drug-likeness (QED) is 0.351. The van der Waals surface area contributed by atoms with E-state index in [-0.39, 0.29) is 0 Å². The molecule has 0 heteroatoms. The predicted octanol–water partition coefficient (Wildman–Crippen LogP) is 5.76. The molecule has 0 heterocycles. The van der Waals surface area contributed by atoms with Crippen molar-refractivity contribution in [3.63, 3.8) is 0 Å². The normalized spacial score (nSPS) is 11.5.